The van der Waals surface area contributed by atoms with Gasteiger partial charge in [-0.1, -0.05) is 12.1 Å². The van der Waals surface area contributed by atoms with Gasteiger partial charge in [0.05, 0.1) is 7.11 Å². The highest BCUT2D eigenvalue weighted by Crippen LogP contribution is 2.35. The number of hydrogen-bond donors (Lipinski definition) is 0. The van der Waals surface area contributed by atoms with E-state index in [1.807, 2.05) is 30.3 Å². The molecule has 2 heterocycles. The third-order valence-corrected chi connectivity index (χ3v) is 4.54. The minimum Gasteiger partial charge on any atom is -0.496 e. The molecule has 1 aliphatic rings. The van der Waals surface area contributed by atoms with Crippen molar-refractivity contribution in [2.45, 2.75) is 6.61 Å². The summed E-state index contributed by atoms with van der Waals surface area (Å²) in [5, 5.41) is 4.02. The summed E-state index contributed by atoms with van der Waals surface area (Å²) in [5.74, 6) is 2.64. The maximum atomic E-state index is 12.3. The van der Waals surface area contributed by atoms with Crippen LogP contribution in [0.4, 0.5) is 0 Å². The number of carbonyl (C=O) groups is 1. The van der Waals surface area contributed by atoms with E-state index in [0.29, 0.717) is 35.3 Å². The first-order chi connectivity index (χ1) is 14.1. The summed E-state index contributed by atoms with van der Waals surface area (Å²) in [5.41, 5.74) is 2.26. The van der Waals surface area contributed by atoms with Crippen molar-refractivity contribution in [2.24, 2.45) is 7.05 Å². The molecular weight excluding hydrogens is 372 g/mol. The van der Waals surface area contributed by atoms with Crippen molar-refractivity contribution in [3.8, 4) is 23.0 Å². The van der Waals surface area contributed by atoms with Gasteiger partial charge in [0, 0.05) is 24.9 Å². The zero-order chi connectivity index (χ0) is 20.2. The second-order valence-corrected chi connectivity index (χ2v) is 6.41. The number of benzene rings is 2. The van der Waals surface area contributed by atoms with Crippen LogP contribution in [0.3, 0.4) is 0 Å². The molecular formula is C22H20N2O5. The zero-order valence-corrected chi connectivity index (χ0v) is 16.1. The first-order valence-electron chi connectivity index (χ1n) is 9.04. The molecule has 1 aromatic heterocycles. The lowest BCUT2D eigenvalue weighted by Crippen LogP contribution is -2.03. The van der Waals surface area contributed by atoms with E-state index in [1.54, 1.807) is 43.2 Å². The molecule has 29 heavy (non-hydrogen) atoms. The van der Waals surface area contributed by atoms with E-state index in [0.717, 1.165) is 11.1 Å². The standard InChI is InChI=1S/C22H20N2O5/c1-24-18(9-10-23-24)19(25)6-3-15-4-7-20(26-2)16(11-15)13-27-17-5-8-21-22(12-17)29-14-28-21/h3-12H,13-14H2,1-2H3/b6-3+. The second kappa shape index (κ2) is 8.10. The van der Waals surface area contributed by atoms with Crippen LogP contribution >= 0.6 is 0 Å². The van der Waals surface area contributed by atoms with E-state index in [4.69, 9.17) is 18.9 Å². The number of ketones is 1. The Bertz CT molecular complexity index is 1070. The number of rotatable bonds is 7. The van der Waals surface area contributed by atoms with E-state index >= 15 is 0 Å². The lowest BCUT2D eigenvalue weighted by molar-refractivity contribution is 0.103. The minimum atomic E-state index is -0.112. The quantitative estimate of drug-likeness (QED) is 0.452. The molecule has 7 nitrogen and oxygen atoms in total. The van der Waals surface area contributed by atoms with Crippen molar-refractivity contribution in [3.05, 3.63) is 71.6 Å². The lowest BCUT2D eigenvalue weighted by atomic mass is 10.1. The van der Waals surface area contributed by atoms with Crippen LogP contribution in [0.5, 0.6) is 23.0 Å². The summed E-state index contributed by atoms with van der Waals surface area (Å²) in [6.45, 7) is 0.526. The van der Waals surface area contributed by atoms with E-state index in [1.165, 1.54) is 6.08 Å². The van der Waals surface area contributed by atoms with Gasteiger partial charge in [-0.25, -0.2) is 0 Å². The van der Waals surface area contributed by atoms with Gasteiger partial charge in [0.25, 0.3) is 0 Å². The number of hydrogen-bond acceptors (Lipinski definition) is 6. The Kier molecular flexibility index (Phi) is 5.20. The molecule has 7 heteroatoms. The van der Waals surface area contributed by atoms with Gasteiger partial charge >= 0.3 is 0 Å². The van der Waals surface area contributed by atoms with Gasteiger partial charge in [0.15, 0.2) is 11.5 Å². The average Bonchev–Trinajstić information content (AvgIpc) is 3.38. The zero-order valence-electron chi connectivity index (χ0n) is 16.1. The van der Waals surface area contributed by atoms with Crippen molar-refractivity contribution in [1.29, 1.82) is 0 Å². The third kappa shape index (κ3) is 4.08. The molecule has 0 spiro atoms. The number of allylic oxidation sites excluding steroid dienone is 1. The predicted molar refractivity (Wildman–Crippen MR) is 106 cm³/mol. The van der Waals surface area contributed by atoms with Crippen LogP contribution in [0.2, 0.25) is 0 Å². The van der Waals surface area contributed by atoms with Crippen LogP contribution in [0.15, 0.2) is 54.7 Å². The molecule has 0 amide bonds. The molecule has 0 N–H and O–H groups in total. The van der Waals surface area contributed by atoms with Gasteiger partial charge in [-0.15, -0.1) is 0 Å². The van der Waals surface area contributed by atoms with Crippen LogP contribution in [-0.2, 0) is 13.7 Å². The summed E-state index contributed by atoms with van der Waals surface area (Å²) >= 11 is 0. The number of nitrogens with zero attached hydrogens (tertiary/aromatic N) is 2. The van der Waals surface area contributed by atoms with Gasteiger partial charge < -0.3 is 18.9 Å². The van der Waals surface area contributed by atoms with Crippen molar-refractivity contribution in [3.63, 3.8) is 0 Å². The summed E-state index contributed by atoms with van der Waals surface area (Å²) in [7, 11) is 3.35. The highest BCUT2D eigenvalue weighted by molar-refractivity contribution is 6.05. The van der Waals surface area contributed by atoms with Gasteiger partial charge in [-0.05, 0) is 42.0 Å². The highest BCUT2D eigenvalue weighted by atomic mass is 16.7. The van der Waals surface area contributed by atoms with E-state index in [9.17, 15) is 4.79 Å². The topological polar surface area (TPSA) is 71.8 Å². The first kappa shape index (κ1) is 18.6. The number of ether oxygens (including phenoxy) is 4. The normalized spacial score (nSPS) is 12.3. The minimum absolute atomic E-state index is 0.112. The molecule has 0 aliphatic carbocycles. The van der Waals surface area contributed by atoms with Gasteiger partial charge in [0.1, 0.15) is 23.8 Å². The third-order valence-electron chi connectivity index (χ3n) is 4.54. The van der Waals surface area contributed by atoms with Crippen LogP contribution < -0.4 is 18.9 Å². The van der Waals surface area contributed by atoms with Crippen molar-refractivity contribution in [1.82, 2.24) is 9.78 Å². The summed E-state index contributed by atoms with van der Waals surface area (Å²) in [4.78, 5) is 12.3. The number of carbonyl (C=O) groups excluding carboxylic acids is 1. The summed E-state index contributed by atoms with van der Waals surface area (Å²) in [6, 6.07) is 12.8. The molecule has 0 bridgehead atoms. The molecule has 0 atom stereocenters. The second-order valence-electron chi connectivity index (χ2n) is 6.41. The Morgan fingerprint density at radius 1 is 1.17 bits per heavy atom. The highest BCUT2D eigenvalue weighted by Gasteiger charge is 2.14. The molecule has 148 valence electrons. The fourth-order valence-electron chi connectivity index (χ4n) is 3.02. The SMILES string of the molecule is COc1ccc(/C=C/C(=O)c2ccnn2C)cc1COc1ccc2c(c1)OCO2. The molecule has 0 saturated heterocycles. The Balaban J connectivity index is 1.48. The number of fused-ring (bicyclic) bond motifs is 1. The van der Waals surface area contributed by atoms with Crippen LogP contribution in [0.25, 0.3) is 6.08 Å². The van der Waals surface area contributed by atoms with Crippen LogP contribution in [0.1, 0.15) is 21.6 Å². The van der Waals surface area contributed by atoms with Crippen molar-refractivity contribution >= 4 is 11.9 Å². The van der Waals surface area contributed by atoms with Gasteiger partial charge in [-0.2, -0.15) is 5.10 Å². The molecule has 0 fully saturated rings. The van der Waals surface area contributed by atoms with Crippen LogP contribution in [-0.4, -0.2) is 29.5 Å². The van der Waals surface area contributed by atoms with E-state index < -0.39 is 0 Å². The Hall–Kier alpha value is -3.74. The van der Waals surface area contributed by atoms with E-state index in [-0.39, 0.29) is 12.6 Å². The Labute approximate surface area is 168 Å². The van der Waals surface area contributed by atoms with Crippen LogP contribution in [0, 0.1) is 0 Å². The fourth-order valence-corrected chi connectivity index (χ4v) is 3.02. The fraction of sp³-hybridized carbons (Fsp3) is 0.182. The summed E-state index contributed by atoms with van der Waals surface area (Å²) < 4.78 is 23.6. The molecule has 1 aliphatic heterocycles. The molecule has 0 unspecified atom stereocenters. The number of methoxy groups -OCH3 is 1. The number of aromatic nitrogens is 2. The smallest absolute Gasteiger partial charge is 0.231 e. The molecule has 0 radical (unpaired) electrons. The predicted octanol–water partition coefficient (Wildman–Crippen LogP) is 3.63. The van der Waals surface area contributed by atoms with E-state index in [2.05, 4.69) is 5.10 Å². The lowest BCUT2D eigenvalue weighted by Gasteiger charge is -2.11. The largest absolute Gasteiger partial charge is 0.496 e. The Morgan fingerprint density at radius 2 is 2.03 bits per heavy atom. The summed E-state index contributed by atoms with van der Waals surface area (Å²) in [6.07, 6.45) is 4.89. The molecule has 4 rings (SSSR count). The monoisotopic (exact) mass is 392 g/mol. The maximum absolute atomic E-state index is 12.3. The van der Waals surface area contributed by atoms with Gasteiger partial charge in [0.2, 0.25) is 12.6 Å². The number of aryl methyl sites for hydroxylation is 1. The Morgan fingerprint density at radius 3 is 2.83 bits per heavy atom. The molecule has 0 saturated carbocycles. The maximum Gasteiger partial charge on any atom is 0.231 e. The average molecular weight is 392 g/mol. The van der Waals surface area contributed by atoms with Crippen molar-refractivity contribution < 1.29 is 23.7 Å². The van der Waals surface area contributed by atoms with Gasteiger partial charge in [-0.3, -0.25) is 9.48 Å². The molecule has 3 aromatic rings. The van der Waals surface area contributed by atoms with Crippen molar-refractivity contribution in [2.75, 3.05) is 13.9 Å². The first-order valence-corrected chi connectivity index (χ1v) is 9.04. The molecule has 2 aromatic carbocycles.